The number of piperidine rings is 1. The van der Waals surface area contributed by atoms with Crippen LogP contribution in [0.3, 0.4) is 0 Å². The highest BCUT2D eigenvalue weighted by Crippen LogP contribution is 2.60. The molecular weight excluding hydrogens is 378 g/mol. The van der Waals surface area contributed by atoms with Crippen molar-refractivity contribution in [3.63, 3.8) is 0 Å². The molecule has 2 aliphatic heterocycles. The Morgan fingerprint density at radius 1 is 1.07 bits per heavy atom. The maximum absolute atomic E-state index is 13.8. The van der Waals surface area contributed by atoms with E-state index in [0.29, 0.717) is 26.2 Å². The van der Waals surface area contributed by atoms with Gasteiger partial charge in [-0.1, -0.05) is 6.07 Å². The summed E-state index contributed by atoms with van der Waals surface area (Å²) in [5.41, 5.74) is -0.185. The monoisotopic (exact) mass is 406 g/mol. The number of carbonyl (C=O) groups is 2. The van der Waals surface area contributed by atoms with Crippen LogP contribution in [0.5, 0.6) is 0 Å². The maximum atomic E-state index is 13.8. The molecule has 0 unspecified atom stereocenters. The van der Waals surface area contributed by atoms with E-state index in [0.717, 1.165) is 19.3 Å². The van der Waals surface area contributed by atoms with Crippen LogP contribution < -0.4 is 0 Å². The van der Waals surface area contributed by atoms with Crippen LogP contribution in [-0.4, -0.2) is 60.0 Å². The fraction of sp³-hybridized carbons (Fsp3) is 0.636. The number of likely N-dealkylation sites (tertiary alicyclic amines) is 1. The zero-order valence-corrected chi connectivity index (χ0v) is 17.0. The molecule has 5 nitrogen and oxygen atoms in total. The lowest BCUT2D eigenvalue weighted by atomic mass is 9.90. The van der Waals surface area contributed by atoms with E-state index in [1.807, 2.05) is 18.7 Å². The smallest absolute Gasteiger partial charge is 0.227 e. The van der Waals surface area contributed by atoms with Gasteiger partial charge in [0.2, 0.25) is 11.8 Å². The van der Waals surface area contributed by atoms with Crippen LogP contribution in [0.2, 0.25) is 0 Å². The minimum atomic E-state index is -0.686. The molecule has 3 atom stereocenters. The first-order valence-corrected chi connectivity index (χ1v) is 10.4. The van der Waals surface area contributed by atoms with Gasteiger partial charge in [0, 0.05) is 37.7 Å². The van der Waals surface area contributed by atoms with E-state index in [-0.39, 0.29) is 47.3 Å². The number of hydrogen-bond donors (Lipinski definition) is 0. The minimum absolute atomic E-state index is 0.0120. The first-order valence-electron chi connectivity index (χ1n) is 10.4. The number of hydrogen-bond acceptors (Lipinski definition) is 3. The average molecular weight is 406 g/mol. The lowest BCUT2D eigenvalue weighted by molar-refractivity contribution is -0.145. The van der Waals surface area contributed by atoms with Crippen molar-refractivity contribution in [3.8, 4) is 0 Å². The number of carbonyl (C=O) groups excluding carboxylic acids is 2. The van der Waals surface area contributed by atoms with Crippen molar-refractivity contribution in [1.82, 2.24) is 9.80 Å². The van der Waals surface area contributed by atoms with E-state index in [1.54, 1.807) is 4.90 Å². The van der Waals surface area contributed by atoms with E-state index in [1.165, 1.54) is 18.2 Å². The van der Waals surface area contributed by atoms with E-state index < -0.39 is 11.6 Å². The topological polar surface area (TPSA) is 49.9 Å². The number of halogens is 2. The first kappa shape index (κ1) is 20.3. The number of rotatable bonds is 3. The molecule has 3 aliphatic rings. The second kappa shape index (κ2) is 7.67. The molecule has 1 aromatic carbocycles. The number of amides is 2. The molecule has 1 aromatic rings. The Bertz CT molecular complexity index is 777. The van der Waals surface area contributed by atoms with Gasteiger partial charge in [0.15, 0.2) is 0 Å². The lowest BCUT2D eigenvalue weighted by Gasteiger charge is -2.37. The zero-order valence-electron chi connectivity index (χ0n) is 17.0. The summed E-state index contributed by atoms with van der Waals surface area (Å²) in [6.07, 6.45) is 2.24. The summed E-state index contributed by atoms with van der Waals surface area (Å²) in [6, 6.07) is 3.64. The third-order valence-electron chi connectivity index (χ3n) is 6.72. The van der Waals surface area contributed by atoms with Gasteiger partial charge < -0.3 is 14.5 Å². The second-order valence-electron chi connectivity index (χ2n) is 8.88. The molecule has 4 rings (SSSR count). The van der Waals surface area contributed by atoms with Crippen molar-refractivity contribution in [2.45, 2.75) is 51.7 Å². The zero-order chi connectivity index (χ0) is 20.8. The molecule has 29 heavy (non-hydrogen) atoms. The summed E-state index contributed by atoms with van der Waals surface area (Å²) in [5, 5.41) is 0. The fourth-order valence-corrected chi connectivity index (χ4v) is 4.99. The number of nitrogens with zero attached hydrogens (tertiary/aromatic N) is 2. The van der Waals surface area contributed by atoms with Crippen LogP contribution in [0.4, 0.5) is 8.78 Å². The van der Waals surface area contributed by atoms with Gasteiger partial charge in [-0.2, -0.15) is 0 Å². The molecule has 2 heterocycles. The third kappa shape index (κ3) is 4.02. The normalized spacial score (nSPS) is 28.5. The van der Waals surface area contributed by atoms with Crippen molar-refractivity contribution in [2.24, 2.45) is 11.3 Å². The molecule has 3 fully saturated rings. The van der Waals surface area contributed by atoms with E-state index in [4.69, 9.17) is 4.74 Å². The highest BCUT2D eigenvalue weighted by Gasteiger charge is 2.59. The Morgan fingerprint density at radius 2 is 1.66 bits per heavy atom. The van der Waals surface area contributed by atoms with Crippen LogP contribution in [0.25, 0.3) is 0 Å². The molecule has 158 valence electrons. The van der Waals surface area contributed by atoms with Crippen LogP contribution in [0.15, 0.2) is 18.2 Å². The van der Waals surface area contributed by atoms with Crippen molar-refractivity contribution in [3.05, 3.63) is 35.4 Å². The summed E-state index contributed by atoms with van der Waals surface area (Å²) in [4.78, 5) is 29.1. The Morgan fingerprint density at radius 3 is 2.24 bits per heavy atom. The molecule has 1 saturated carbocycles. The molecule has 1 aliphatic carbocycles. The van der Waals surface area contributed by atoms with Crippen molar-refractivity contribution < 1.29 is 23.1 Å². The molecule has 0 radical (unpaired) electrons. The van der Waals surface area contributed by atoms with Gasteiger partial charge in [-0.25, -0.2) is 8.78 Å². The minimum Gasteiger partial charge on any atom is -0.372 e. The lowest BCUT2D eigenvalue weighted by Crippen LogP contribution is -2.49. The van der Waals surface area contributed by atoms with Crippen LogP contribution >= 0.6 is 0 Å². The summed E-state index contributed by atoms with van der Waals surface area (Å²) >= 11 is 0. The molecule has 0 bridgehead atoms. The highest BCUT2D eigenvalue weighted by molar-refractivity contribution is 5.83. The van der Waals surface area contributed by atoms with Crippen LogP contribution in [-0.2, 0) is 20.7 Å². The molecule has 7 heteroatoms. The summed E-state index contributed by atoms with van der Waals surface area (Å²) in [5.74, 6) is -1.40. The summed E-state index contributed by atoms with van der Waals surface area (Å²) < 4.78 is 33.4. The summed E-state index contributed by atoms with van der Waals surface area (Å²) in [7, 11) is 0. The van der Waals surface area contributed by atoms with Crippen molar-refractivity contribution >= 4 is 11.8 Å². The van der Waals surface area contributed by atoms with Crippen LogP contribution in [0, 0.1) is 23.0 Å². The SMILES string of the molecule is C[C@@H]1CN(C(=O)[C@@H]2CC23CCN(C(=O)Cc2c(F)cccc2F)CC3)C[C@H](C)O1. The quantitative estimate of drug-likeness (QED) is 0.776. The van der Waals surface area contributed by atoms with E-state index >= 15 is 0 Å². The number of morpholine rings is 1. The molecular formula is C22H28F2N2O3. The molecule has 0 N–H and O–H groups in total. The standard InChI is InChI=1S/C22H28F2N2O3/c1-14-12-26(13-15(2)29-14)21(28)17-11-22(17)6-8-25(9-7-22)20(27)10-16-18(23)4-3-5-19(16)24/h3-5,14-15,17H,6-13H2,1-2H3/t14-,15+,17-/m0/s1. The maximum Gasteiger partial charge on any atom is 0.227 e. The Labute approximate surface area is 170 Å². The molecule has 1 spiro atoms. The Balaban J connectivity index is 1.32. The number of ether oxygens (including phenoxy) is 1. The molecule has 0 aromatic heterocycles. The Kier molecular flexibility index (Phi) is 5.36. The van der Waals surface area contributed by atoms with Crippen molar-refractivity contribution in [2.75, 3.05) is 26.2 Å². The molecule has 2 saturated heterocycles. The van der Waals surface area contributed by atoms with Gasteiger partial charge in [0.1, 0.15) is 11.6 Å². The largest absolute Gasteiger partial charge is 0.372 e. The third-order valence-corrected chi connectivity index (χ3v) is 6.72. The van der Waals surface area contributed by atoms with Gasteiger partial charge in [-0.05, 0) is 50.7 Å². The highest BCUT2D eigenvalue weighted by atomic mass is 19.1. The van der Waals surface area contributed by atoms with Crippen LogP contribution in [0.1, 0.15) is 38.7 Å². The second-order valence-corrected chi connectivity index (χ2v) is 8.88. The predicted octanol–water partition coefficient (Wildman–Crippen LogP) is 2.77. The van der Waals surface area contributed by atoms with Gasteiger partial charge in [-0.3, -0.25) is 9.59 Å². The van der Waals surface area contributed by atoms with Gasteiger partial charge in [0.05, 0.1) is 18.6 Å². The average Bonchev–Trinajstić information content (AvgIpc) is 3.37. The van der Waals surface area contributed by atoms with Gasteiger partial charge in [0.25, 0.3) is 0 Å². The molecule has 2 amide bonds. The van der Waals surface area contributed by atoms with E-state index in [9.17, 15) is 18.4 Å². The fourth-order valence-electron chi connectivity index (χ4n) is 4.99. The number of benzene rings is 1. The first-order chi connectivity index (χ1) is 13.8. The van der Waals surface area contributed by atoms with Gasteiger partial charge >= 0.3 is 0 Å². The Hall–Kier alpha value is -2.02. The van der Waals surface area contributed by atoms with E-state index in [2.05, 4.69) is 0 Å². The van der Waals surface area contributed by atoms with Crippen molar-refractivity contribution in [1.29, 1.82) is 0 Å². The predicted molar refractivity (Wildman–Crippen MR) is 103 cm³/mol. The van der Waals surface area contributed by atoms with Gasteiger partial charge in [-0.15, -0.1) is 0 Å². The summed E-state index contributed by atoms with van der Waals surface area (Å²) in [6.45, 7) is 6.31.